The molecule has 1 aromatic rings. The van der Waals surface area contributed by atoms with Crippen LogP contribution in [0.4, 0.5) is 0 Å². The van der Waals surface area contributed by atoms with E-state index in [2.05, 4.69) is 6.07 Å². The molecule has 16 heavy (non-hydrogen) atoms. The van der Waals surface area contributed by atoms with E-state index in [0.717, 1.165) is 11.3 Å². The number of carbonyl (C=O) groups is 1. The second-order valence-electron chi connectivity index (χ2n) is 4.04. The molecule has 0 bridgehead atoms. The normalized spacial score (nSPS) is 17.4. The van der Waals surface area contributed by atoms with Gasteiger partial charge in [-0.25, -0.2) is 0 Å². The topological polar surface area (TPSA) is 50.1 Å². The van der Waals surface area contributed by atoms with Gasteiger partial charge >= 0.3 is 0 Å². The number of ether oxygens (including phenoxy) is 1. The molecule has 0 radical (unpaired) electrons. The summed E-state index contributed by atoms with van der Waals surface area (Å²) in [6, 6.07) is 9.70. The number of benzene rings is 1. The summed E-state index contributed by atoms with van der Waals surface area (Å²) in [5, 5.41) is 9.15. The van der Waals surface area contributed by atoms with Crippen LogP contribution >= 0.6 is 0 Å². The molecule has 1 aliphatic carbocycles. The van der Waals surface area contributed by atoms with E-state index in [1.54, 1.807) is 0 Å². The average molecular weight is 215 g/mol. The van der Waals surface area contributed by atoms with Crippen molar-refractivity contribution in [3.05, 3.63) is 29.8 Å². The van der Waals surface area contributed by atoms with Crippen LogP contribution in [-0.2, 0) is 10.2 Å². The number of hydrogen-bond donors (Lipinski definition) is 0. The van der Waals surface area contributed by atoms with Gasteiger partial charge in [0, 0.05) is 12.8 Å². The van der Waals surface area contributed by atoms with Gasteiger partial charge < -0.3 is 4.74 Å². The monoisotopic (exact) mass is 215 g/mol. The third-order valence-corrected chi connectivity index (χ3v) is 2.93. The number of hydrogen-bond acceptors (Lipinski definition) is 3. The van der Waals surface area contributed by atoms with Crippen LogP contribution in [0.15, 0.2) is 24.3 Å². The molecule has 3 heteroatoms. The van der Waals surface area contributed by atoms with Crippen molar-refractivity contribution >= 4 is 5.78 Å². The summed E-state index contributed by atoms with van der Waals surface area (Å²) in [5.41, 5.74) is 0.333. The van der Waals surface area contributed by atoms with Crippen LogP contribution in [0.5, 0.6) is 5.75 Å². The Morgan fingerprint density at radius 2 is 2.00 bits per heavy atom. The highest BCUT2D eigenvalue weighted by Gasteiger charge is 2.45. The maximum absolute atomic E-state index is 11.0. The Hall–Kier alpha value is -1.82. The number of ketones is 1. The molecule has 0 N–H and O–H groups in total. The third-order valence-electron chi connectivity index (χ3n) is 2.93. The molecular weight excluding hydrogens is 202 g/mol. The molecule has 0 aliphatic heterocycles. The predicted octanol–water partition coefficient (Wildman–Crippen LogP) is 2.21. The van der Waals surface area contributed by atoms with E-state index in [1.807, 2.05) is 31.2 Å². The molecule has 0 aromatic heterocycles. The van der Waals surface area contributed by atoms with Crippen LogP contribution in [0.25, 0.3) is 0 Å². The molecule has 0 unspecified atom stereocenters. The van der Waals surface area contributed by atoms with Gasteiger partial charge in [-0.1, -0.05) is 12.1 Å². The van der Waals surface area contributed by atoms with E-state index in [9.17, 15) is 4.79 Å². The molecule has 0 amide bonds. The van der Waals surface area contributed by atoms with Crippen LogP contribution in [0.2, 0.25) is 0 Å². The lowest BCUT2D eigenvalue weighted by Crippen LogP contribution is -2.40. The van der Waals surface area contributed by atoms with Gasteiger partial charge in [-0.15, -0.1) is 0 Å². The second kappa shape index (κ2) is 3.97. The number of nitrogens with zero attached hydrogens (tertiary/aromatic N) is 1. The van der Waals surface area contributed by atoms with E-state index >= 15 is 0 Å². The Bertz CT molecular complexity index is 434. The SMILES string of the molecule is CCOc1ccc(C2(C#N)CC(=O)C2)cc1. The fraction of sp³-hybridized carbons (Fsp3) is 0.385. The summed E-state index contributed by atoms with van der Waals surface area (Å²) in [6.07, 6.45) is 0.689. The molecule has 1 fully saturated rings. The fourth-order valence-corrected chi connectivity index (χ4v) is 2.01. The molecule has 2 rings (SSSR count). The Labute approximate surface area is 94.6 Å². The van der Waals surface area contributed by atoms with Crippen LogP contribution in [0.3, 0.4) is 0 Å². The molecule has 1 aliphatic rings. The lowest BCUT2D eigenvalue weighted by molar-refractivity contribution is -0.126. The Morgan fingerprint density at radius 1 is 1.38 bits per heavy atom. The van der Waals surface area contributed by atoms with Gasteiger partial charge in [0.05, 0.1) is 18.1 Å². The minimum atomic E-state index is -0.582. The minimum Gasteiger partial charge on any atom is -0.494 e. The van der Waals surface area contributed by atoms with Crippen molar-refractivity contribution in [1.82, 2.24) is 0 Å². The van der Waals surface area contributed by atoms with Crippen LogP contribution in [0.1, 0.15) is 25.3 Å². The average Bonchev–Trinajstić information content (AvgIpc) is 2.26. The molecule has 3 nitrogen and oxygen atoms in total. The summed E-state index contributed by atoms with van der Waals surface area (Å²) in [4.78, 5) is 11.0. The Kier molecular flexibility index (Phi) is 2.66. The zero-order chi connectivity index (χ0) is 11.6. The van der Waals surface area contributed by atoms with Crippen molar-refractivity contribution in [2.75, 3.05) is 6.61 Å². The third kappa shape index (κ3) is 1.67. The standard InChI is InChI=1S/C13H13NO2/c1-2-16-12-5-3-10(4-6-12)13(9-14)7-11(15)8-13/h3-6H,2,7-8H2,1H3. The lowest BCUT2D eigenvalue weighted by atomic mass is 9.65. The molecular formula is C13H13NO2. The Balaban J connectivity index is 2.21. The zero-order valence-electron chi connectivity index (χ0n) is 9.19. The first-order valence-corrected chi connectivity index (χ1v) is 5.36. The van der Waals surface area contributed by atoms with Crippen LogP contribution in [-0.4, -0.2) is 12.4 Å². The smallest absolute Gasteiger partial charge is 0.136 e. The zero-order valence-corrected chi connectivity index (χ0v) is 9.19. The maximum Gasteiger partial charge on any atom is 0.136 e. The molecule has 82 valence electrons. The van der Waals surface area contributed by atoms with E-state index in [1.165, 1.54) is 0 Å². The van der Waals surface area contributed by atoms with Crippen LogP contribution < -0.4 is 4.74 Å². The molecule has 0 saturated heterocycles. The van der Waals surface area contributed by atoms with E-state index in [4.69, 9.17) is 10.00 Å². The summed E-state index contributed by atoms with van der Waals surface area (Å²) in [5.74, 6) is 0.959. The van der Waals surface area contributed by atoms with Gasteiger partial charge in [-0.2, -0.15) is 5.26 Å². The molecule has 1 saturated carbocycles. The van der Waals surface area contributed by atoms with Crippen molar-refractivity contribution < 1.29 is 9.53 Å². The van der Waals surface area contributed by atoms with Crippen molar-refractivity contribution in [1.29, 1.82) is 5.26 Å². The van der Waals surface area contributed by atoms with Crippen molar-refractivity contribution in [3.63, 3.8) is 0 Å². The highest BCUT2D eigenvalue weighted by molar-refractivity contribution is 5.90. The van der Waals surface area contributed by atoms with Crippen molar-refractivity contribution in [2.45, 2.75) is 25.2 Å². The van der Waals surface area contributed by atoms with Gasteiger partial charge in [-0.05, 0) is 24.6 Å². The number of carbonyl (C=O) groups excluding carboxylic acids is 1. The summed E-state index contributed by atoms with van der Waals surface area (Å²) in [6.45, 7) is 2.55. The fourth-order valence-electron chi connectivity index (χ4n) is 2.01. The first kappa shape index (κ1) is 10.7. The largest absolute Gasteiger partial charge is 0.494 e. The van der Waals surface area contributed by atoms with Gasteiger partial charge in [0.2, 0.25) is 0 Å². The first-order chi connectivity index (χ1) is 7.70. The summed E-state index contributed by atoms with van der Waals surface area (Å²) >= 11 is 0. The highest BCUT2D eigenvalue weighted by Crippen LogP contribution is 2.40. The summed E-state index contributed by atoms with van der Waals surface area (Å²) < 4.78 is 5.33. The summed E-state index contributed by atoms with van der Waals surface area (Å²) in [7, 11) is 0. The molecule has 0 heterocycles. The number of Topliss-reactive ketones (excluding diaryl/α,β-unsaturated/α-hetero) is 1. The van der Waals surface area contributed by atoms with Gasteiger partial charge in [-0.3, -0.25) is 4.79 Å². The number of nitriles is 1. The van der Waals surface area contributed by atoms with Gasteiger partial charge in [0.15, 0.2) is 0 Å². The van der Waals surface area contributed by atoms with E-state index in [0.29, 0.717) is 19.4 Å². The van der Waals surface area contributed by atoms with E-state index in [-0.39, 0.29) is 5.78 Å². The van der Waals surface area contributed by atoms with Gasteiger partial charge in [0.1, 0.15) is 11.5 Å². The highest BCUT2D eigenvalue weighted by atomic mass is 16.5. The Morgan fingerprint density at radius 3 is 2.44 bits per heavy atom. The van der Waals surface area contributed by atoms with Crippen molar-refractivity contribution in [2.24, 2.45) is 0 Å². The van der Waals surface area contributed by atoms with Crippen molar-refractivity contribution in [3.8, 4) is 11.8 Å². The lowest BCUT2D eigenvalue weighted by Gasteiger charge is -2.34. The molecule has 1 aromatic carbocycles. The maximum atomic E-state index is 11.0. The van der Waals surface area contributed by atoms with Gasteiger partial charge in [0.25, 0.3) is 0 Å². The number of rotatable bonds is 3. The quantitative estimate of drug-likeness (QED) is 0.776. The molecule has 0 atom stereocenters. The van der Waals surface area contributed by atoms with Crippen LogP contribution in [0, 0.1) is 11.3 Å². The first-order valence-electron chi connectivity index (χ1n) is 5.36. The van der Waals surface area contributed by atoms with E-state index < -0.39 is 5.41 Å². The molecule has 0 spiro atoms. The predicted molar refractivity (Wildman–Crippen MR) is 59.1 cm³/mol. The second-order valence-corrected chi connectivity index (χ2v) is 4.04. The minimum absolute atomic E-state index is 0.162.